The van der Waals surface area contributed by atoms with Crippen LogP contribution in [0.1, 0.15) is 5.82 Å². The summed E-state index contributed by atoms with van der Waals surface area (Å²) in [5.74, 6) is 0.699. The molecular formula is C3H9Cl2N5. The Morgan fingerprint density at radius 2 is 2.10 bits per heavy atom. The van der Waals surface area contributed by atoms with Gasteiger partial charge < -0.3 is 5.73 Å². The molecule has 60 valence electrons. The number of aryl methyl sites for hydroxylation is 1. The zero-order valence-electron chi connectivity index (χ0n) is 5.39. The molecule has 0 atom stereocenters. The summed E-state index contributed by atoms with van der Waals surface area (Å²) in [6, 6.07) is 0. The standard InChI is InChI=1S/C3H7N5.2ClH/c1-8-3(2-4)5-6-7-8;;/h2,4H2,1H3;2*1H. The van der Waals surface area contributed by atoms with Crippen LogP contribution in [-0.2, 0) is 13.6 Å². The zero-order chi connectivity index (χ0) is 5.98. The third-order valence-electron chi connectivity index (χ3n) is 0.890. The van der Waals surface area contributed by atoms with Gasteiger partial charge in [-0.3, -0.25) is 0 Å². The van der Waals surface area contributed by atoms with Crippen LogP contribution in [0.5, 0.6) is 0 Å². The maximum absolute atomic E-state index is 5.23. The number of aromatic nitrogens is 4. The van der Waals surface area contributed by atoms with E-state index in [4.69, 9.17) is 5.73 Å². The molecule has 1 rings (SSSR count). The molecular weight excluding hydrogens is 177 g/mol. The fourth-order valence-electron chi connectivity index (χ4n) is 0.421. The van der Waals surface area contributed by atoms with Gasteiger partial charge in [-0.1, -0.05) is 0 Å². The quantitative estimate of drug-likeness (QED) is 0.642. The summed E-state index contributed by atoms with van der Waals surface area (Å²) in [7, 11) is 1.75. The molecule has 0 aliphatic rings. The first-order valence-electron chi connectivity index (χ1n) is 2.26. The molecule has 0 saturated heterocycles. The lowest BCUT2D eigenvalue weighted by molar-refractivity contribution is 0.678. The van der Waals surface area contributed by atoms with Crippen molar-refractivity contribution < 1.29 is 0 Å². The van der Waals surface area contributed by atoms with Crippen molar-refractivity contribution >= 4 is 24.8 Å². The third-order valence-corrected chi connectivity index (χ3v) is 0.890. The van der Waals surface area contributed by atoms with E-state index in [1.807, 2.05) is 0 Å². The molecule has 0 amide bonds. The summed E-state index contributed by atoms with van der Waals surface area (Å²) in [5, 5.41) is 10.5. The lowest BCUT2D eigenvalue weighted by Gasteiger charge is -1.87. The van der Waals surface area contributed by atoms with Crippen LogP contribution in [0, 0.1) is 0 Å². The second kappa shape index (κ2) is 5.40. The molecule has 0 aliphatic heterocycles. The van der Waals surface area contributed by atoms with Crippen molar-refractivity contribution in [2.45, 2.75) is 6.54 Å². The van der Waals surface area contributed by atoms with E-state index >= 15 is 0 Å². The second-order valence-corrected chi connectivity index (χ2v) is 1.42. The van der Waals surface area contributed by atoms with Gasteiger partial charge in [0.05, 0.1) is 6.54 Å². The number of halogens is 2. The van der Waals surface area contributed by atoms with E-state index in [0.29, 0.717) is 12.4 Å². The van der Waals surface area contributed by atoms with Crippen molar-refractivity contribution in [3.8, 4) is 0 Å². The zero-order valence-corrected chi connectivity index (χ0v) is 7.02. The van der Waals surface area contributed by atoms with Crippen molar-refractivity contribution in [1.82, 2.24) is 20.2 Å². The van der Waals surface area contributed by atoms with Crippen molar-refractivity contribution in [3.63, 3.8) is 0 Å². The Hall–Kier alpha value is -0.390. The normalized spacial score (nSPS) is 7.80. The molecule has 2 N–H and O–H groups in total. The molecule has 0 fully saturated rings. The number of tetrazole rings is 1. The van der Waals surface area contributed by atoms with Crippen molar-refractivity contribution in [1.29, 1.82) is 0 Å². The summed E-state index contributed by atoms with van der Waals surface area (Å²) in [5.41, 5.74) is 5.23. The summed E-state index contributed by atoms with van der Waals surface area (Å²) in [6.45, 7) is 0.392. The average molecular weight is 186 g/mol. The number of nitrogens with two attached hydrogens (primary N) is 1. The van der Waals surface area contributed by atoms with Crippen LogP contribution in [-0.4, -0.2) is 20.2 Å². The van der Waals surface area contributed by atoms with Crippen LogP contribution in [0.3, 0.4) is 0 Å². The smallest absolute Gasteiger partial charge is 0.164 e. The van der Waals surface area contributed by atoms with Gasteiger partial charge in [-0.15, -0.1) is 29.9 Å². The van der Waals surface area contributed by atoms with E-state index in [1.54, 1.807) is 11.7 Å². The predicted octanol–water partition coefficient (Wildman–Crippen LogP) is -0.488. The summed E-state index contributed by atoms with van der Waals surface area (Å²) in [4.78, 5) is 0. The molecule has 1 heterocycles. The Balaban J connectivity index is 0. The molecule has 10 heavy (non-hydrogen) atoms. The minimum absolute atomic E-state index is 0. The maximum Gasteiger partial charge on any atom is 0.164 e. The number of nitrogens with zero attached hydrogens (tertiary/aromatic N) is 4. The predicted molar refractivity (Wildman–Crippen MR) is 41.2 cm³/mol. The number of hydrogen-bond acceptors (Lipinski definition) is 4. The topological polar surface area (TPSA) is 69.6 Å². The van der Waals surface area contributed by atoms with Gasteiger partial charge in [-0.25, -0.2) is 4.68 Å². The summed E-state index contributed by atoms with van der Waals surface area (Å²) in [6.07, 6.45) is 0. The SMILES string of the molecule is Cl.Cl.Cn1nnnc1CN. The highest BCUT2D eigenvalue weighted by Gasteiger charge is 1.94. The van der Waals surface area contributed by atoms with Crippen LogP contribution < -0.4 is 5.73 Å². The molecule has 7 heteroatoms. The number of rotatable bonds is 1. The molecule has 1 aromatic rings. The van der Waals surface area contributed by atoms with Crippen LogP contribution >= 0.6 is 24.8 Å². The van der Waals surface area contributed by atoms with Crippen molar-refractivity contribution in [2.24, 2.45) is 12.8 Å². The highest BCUT2D eigenvalue weighted by atomic mass is 35.5. The first-order valence-corrected chi connectivity index (χ1v) is 2.26. The molecule has 0 radical (unpaired) electrons. The fourth-order valence-corrected chi connectivity index (χ4v) is 0.421. The molecule has 0 spiro atoms. The Morgan fingerprint density at radius 1 is 1.50 bits per heavy atom. The van der Waals surface area contributed by atoms with Crippen LogP contribution in [0.4, 0.5) is 0 Å². The Morgan fingerprint density at radius 3 is 2.30 bits per heavy atom. The van der Waals surface area contributed by atoms with Crippen LogP contribution in [0.2, 0.25) is 0 Å². The molecule has 0 saturated carbocycles. The first-order chi connectivity index (χ1) is 3.84. The fraction of sp³-hybridized carbons (Fsp3) is 0.667. The molecule has 0 aromatic carbocycles. The van der Waals surface area contributed by atoms with E-state index in [9.17, 15) is 0 Å². The Labute approximate surface area is 70.8 Å². The van der Waals surface area contributed by atoms with E-state index < -0.39 is 0 Å². The lowest BCUT2D eigenvalue weighted by Crippen LogP contribution is -2.05. The molecule has 5 nitrogen and oxygen atoms in total. The van der Waals surface area contributed by atoms with Crippen molar-refractivity contribution in [3.05, 3.63) is 5.82 Å². The Bertz CT molecular complexity index is 175. The largest absolute Gasteiger partial charge is 0.324 e. The van der Waals surface area contributed by atoms with Crippen LogP contribution in [0.15, 0.2) is 0 Å². The van der Waals surface area contributed by atoms with Gasteiger partial charge in [-0.05, 0) is 10.4 Å². The van der Waals surface area contributed by atoms with Gasteiger partial charge in [0.15, 0.2) is 5.82 Å². The van der Waals surface area contributed by atoms with E-state index in [-0.39, 0.29) is 24.8 Å². The minimum atomic E-state index is 0. The minimum Gasteiger partial charge on any atom is -0.324 e. The maximum atomic E-state index is 5.23. The monoisotopic (exact) mass is 185 g/mol. The van der Waals surface area contributed by atoms with Gasteiger partial charge in [0, 0.05) is 7.05 Å². The first kappa shape index (κ1) is 12.3. The molecule has 0 bridgehead atoms. The summed E-state index contributed by atoms with van der Waals surface area (Å²) >= 11 is 0. The molecule has 0 unspecified atom stereocenters. The molecule has 1 aromatic heterocycles. The van der Waals surface area contributed by atoms with Gasteiger partial charge >= 0.3 is 0 Å². The highest BCUT2D eigenvalue weighted by molar-refractivity contribution is 5.85. The highest BCUT2D eigenvalue weighted by Crippen LogP contribution is 1.81. The van der Waals surface area contributed by atoms with E-state index in [0.717, 1.165) is 0 Å². The number of hydrogen-bond donors (Lipinski definition) is 1. The van der Waals surface area contributed by atoms with Crippen LogP contribution in [0.25, 0.3) is 0 Å². The van der Waals surface area contributed by atoms with Gasteiger partial charge in [0.2, 0.25) is 0 Å². The van der Waals surface area contributed by atoms with Crippen molar-refractivity contribution in [2.75, 3.05) is 0 Å². The van der Waals surface area contributed by atoms with Gasteiger partial charge in [0.25, 0.3) is 0 Å². The Kier molecular flexibility index (Phi) is 6.64. The molecule has 0 aliphatic carbocycles. The average Bonchev–Trinajstić information content (AvgIpc) is 2.14. The second-order valence-electron chi connectivity index (χ2n) is 1.42. The van der Waals surface area contributed by atoms with E-state index in [2.05, 4.69) is 15.5 Å². The van der Waals surface area contributed by atoms with Gasteiger partial charge in [-0.2, -0.15) is 0 Å². The van der Waals surface area contributed by atoms with Gasteiger partial charge in [0.1, 0.15) is 0 Å². The third kappa shape index (κ3) is 2.47. The summed E-state index contributed by atoms with van der Waals surface area (Å²) < 4.78 is 1.54. The lowest BCUT2D eigenvalue weighted by atomic mass is 10.6. The van der Waals surface area contributed by atoms with E-state index in [1.165, 1.54) is 0 Å².